The summed E-state index contributed by atoms with van der Waals surface area (Å²) in [4.78, 5) is 8.30. The second-order valence-corrected chi connectivity index (χ2v) is 3.08. The number of nitrogens with one attached hydrogen (secondary N) is 1. The smallest absolute Gasteiger partial charge is 0.227 e. The Hall–Kier alpha value is -1.90. The van der Waals surface area contributed by atoms with Crippen LogP contribution in [-0.4, -0.2) is 9.97 Å². The van der Waals surface area contributed by atoms with Crippen molar-refractivity contribution in [2.24, 2.45) is 0 Å². The zero-order valence-corrected chi connectivity index (χ0v) is 9.94. The molecule has 3 heteroatoms. The third-order valence-electron chi connectivity index (χ3n) is 1.81. The van der Waals surface area contributed by atoms with Crippen LogP contribution in [0.2, 0.25) is 0 Å². The van der Waals surface area contributed by atoms with E-state index in [1.165, 1.54) is 0 Å². The van der Waals surface area contributed by atoms with Crippen LogP contribution in [0.4, 0.5) is 11.6 Å². The van der Waals surface area contributed by atoms with Crippen LogP contribution in [-0.2, 0) is 0 Å². The van der Waals surface area contributed by atoms with E-state index in [1.54, 1.807) is 12.4 Å². The molecule has 0 aliphatic heterocycles. The predicted octanol–water partition coefficient (Wildman–Crippen LogP) is 3.55. The lowest BCUT2D eigenvalue weighted by Gasteiger charge is -2.03. The summed E-state index contributed by atoms with van der Waals surface area (Å²) >= 11 is 0. The second kappa shape index (κ2) is 6.56. The van der Waals surface area contributed by atoms with Gasteiger partial charge in [0.05, 0.1) is 0 Å². The Bertz CT molecular complexity index is 395. The average Bonchev–Trinajstić information content (AvgIpc) is 2.36. The van der Waals surface area contributed by atoms with Crippen molar-refractivity contribution in [2.75, 3.05) is 5.32 Å². The Kier molecular flexibility index (Phi) is 4.99. The number of hydrogen-bond donors (Lipinski definition) is 1. The van der Waals surface area contributed by atoms with Gasteiger partial charge in [-0.05, 0) is 24.6 Å². The van der Waals surface area contributed by atoms with Gasteiger partial charge < -0.3 is 5.32 Å². The molecular formula is C13H17N3. The second-order valence-electron chi connectivity index (χ2n) is 3.08. The van der Waals surface area contributed by atoms with Crippen LogP contribution >= 0.6 is 0 Å². The summed E-state index contributed by atoms with van der Waals surface area (Å²) in [5.74, 6) is 0.627. The Morgan fingerprint density at radius 2 is 1.50 bits per heavy atom. The number of anilines is 2. The van der Waals surface area contributed by atoms with E-state index < -0.39 is 0 Å². The molecule has 0 unspecified atom stereocenters. The van der Waals surface area contributed by atoms with E-state index in [-0.39, 0.29) is 0 Å². The number of rotatable bonds is 2. The number of aryl methyl sites for hydroxylation is 1. The van der Waals surface area contributed by atoms with Gasteiger partial charge in [-0.25, -0.2) is 9.97 Å². The van der Waals surface area contributed by atoms with E-state index in [0.29, 0.717) is 5.95 Å². The van der Waals surface area contributed by atoms with Crippen molar-refractivity contribution in [3.8, 4) is 0 Å². The first-order valence-corrected chi connectivity index (χ1v) is 5.45. The van der Waals surface area contributed by atoms with Gasteiger partial charge in [-0.2, -0.15) is 0 Å². The summed E-state index contributed by atoms with van der Waals surface area (Å²) in [6.45, 7) is 5.96. The van der Waals surface area contributed by atoms with Gasteiger partial charge in [-0.1, -0.05) is 32.0 Å². The van der Waals surface area contributed by atoms with Crippen molar-refractivity contribution < 1.29 is 0 Å². The van der Waals surface area contributed by atoms with Gasteiger partial charge in [0.1, 0.15) is 0 Å². The summed E-state index contributed by atoms with van der Waals surface area (Å²) in [6, 6.07) is 9.86. The van der Waals surface area contributed by atoms with Gasteiger partial charge in [0.25, 0.3) is 0 Å². The van der Waals surface area contributed by atoms with Gasteiger partial charge in [0.15, 0.2) is 0 Å². The first-order valence-electron chi connectivity index (χ1n) is 5.45. The molecule has 3 nitrogen and oxygen atoms in total. The highest BCUT2D eigenvalue weighted by Crippen LogP contribution is 2.10. The fourth-order valence-electron chi connectivity index (χ4n) is 1.11. The minimum absolute atomic E-state index is 0.627. The zero-order chi connectivity index (χ0) is 11.8. The third kappa shape index (κ3) is 3.69. The number of hydrogen-bond acceptors (Lipinski definition) is 3. The van der Waals surface area contributed by atoms with Crippen molar-refractivity contribution in [2.45, 2.75) is 20.8 Å². The van der Waals surface area contributed by atoms with Crippen LogP contribution in [0.25, 0.3) is 0 Å². The Labute approximate surface area is 96.6 Å². The maximum atomic E-state index is 4.15. The lowest BCUT2D eigenvalue weighted by atomic mass is 10.3. The molecule has 0 saturated carbocycles. The molecule has 1 aromatic carbocycles. The Balaban J connectivity index is 0.000000606. The quantitative estimate of drug-likeness (QED) is 0.832. The molecule has 0 radical (unpaired) electrons. The highest BCUT2D eigenvalue weighted by atomic mass is 15.1. The van der Waals surface area contributed by atoms with E-state index in [9.17, 15) is 0 Å². The minimum Gasteiger partial charge on any atom is -0.324 e. The fourth-order valence-corrected chi connectivity index (χ4v) is 1.11. The van der Waals surface area contributed by atoms with Crippen LogP contribution in [0.15, 0.2) is 42.7 Å². The Morgan fingerprint density at radius 3 is 2.06 bits per heavy atom. The van der Waals surface area contributed by atoms with Crippen LogP contribution in [0.5, 0.6) is 0 Å². The lowest BCUT2D eigenvalue weighted by molar-refractivity contribution is 1.13. The standard InChI is InChI=1S/C11H11N3.C2H6/c1-9-7-12-11(13-8-9)14-10-5-3-2-4-6-10;1-2/h2-8H,1H3,(H,12,13,14);1-2H3. The molecule has 0 aliphatic rings. The molecule has 2 rings (SSSR count). The van der Waals surface area contributed by atoms with E-state index in [4.69, 9.17) is 0 Å². The maximum absolute atomic E-state index is 4.15. The molecule has 0 spiro atoms. The van der Waals surface area contributed by atoms with E-state index in [0.717, 1.165) is 11.3 Å². The van der Waals surface area contributed by atoms with Crippen LogP contribution in [0, 0.1) is 6.92 Å². The molecule has 0 amide bonds. The summed E-state index contributed by atoms with van der Waals surface area (Å²) in [5, 5.41) is 3.11. The van der Waals surface area contributed by atoms with E-state index in [1.807, 2.05) is 51.1 Å². The van der Waals surface area contributed by atoms with Crippen molar-refractivity contribution in [3.63, 3.8) is 0 Å². The average molecular weight is 215 g/mol. The number of nitrogens with zero attached hydrogens (tertiary/aromatic N) is 2. The van der Waals surface area contributed by atoms with Gasteiger partial charge in [0.2, 0.25) is 5.95 Å². The highest BCUT2D eigenvalue weighted by Gasteiger charge is 1.94. The van der Waals surface area contributed by atoms with Crippen LogP contribution in [0.1, 0.15) is 19.4 Å². The minimum atomic E-state index is 0.627. The molecule has 0 saturated heterocycles. The molecule has 16 heavy (non-hydrogen) atoms. The molecule has 0 atom stereocenters. The molecule has 0 fully saturated rings. The zero-order valence-electron chi connectivity index (χ0n) is 9.94. The normalized spacial score (nSPS) is 8.94. The van der Waals surface area contributed by atoms with E-state index in [2.05, 4.69) is 15.3 Å². The highest BCUT2D eigenvalue weighted by molar-refractivity contribution is 5.52. The van der Waals surface area contributed by atoms with Crippen molar-refractivity contribution in [1.29, 1.82) is 0 Å². The van der Waals surface area contributed by atoms with Crippen LogP contribution in [0.3, 0.4) is 0 Å². The number of para-hydroxylation sites is 1. The maximum Gasteiger partial charge on any atom is 0.227 e. The van der Waals surface area contributed by atoms with Crippen LogP contribution < -0.4 is 5.32 Å². The Morgan fingerprint density at radius 1 is 0.938 bits per heavy atom. The molecule has 1 aromatic heterocycles. The SMILES string of the molecule is CC.Cc1cnc(Nc2ccccc2)nc1. The molecule has 0 bridgehead atoms. The predicted molar refractivity (Wildman–Crippen MR) is 67.8 cm³/mol. The van der Waals surface area contributed by atoms with Gasteiger partial charge in [-0.15, -0.1) is 0 Å². The van der Waals surface area contributed by atoms with Crippen molar-refractivity contribution in [1.82, 2.24) is 9.97 Å². The molecule has 0 aliphatic carbocycles. The van der Waals surface area contributed by atoms with Gasteiger partial charge in [-0.3, -0.25) is 0 Å². The summed E-state index contributed by atoms with van der Waals surface area (Å²) in [6.07, 6.45) is 3.58. The van der Waals surface area contributed by atoms with Gasteiger partial charge >= 0.3 is 0 Å². The number of aromatic nitrogens is 2. The summed E-state index contributed by atoms with van der Waals surface area (Å²) in [5.41, 5.74) is 2.06. The first-order chi connectivity index (χ1) is 7.84. The van der Waals surface area contributed by atoms with E-state index >= 15 is 0 Å². The summed E-state index contributed by atoms with van der Waals surface area (Å²) < 4.78 is 0. The molecular weight excluding hydrogens is 198 g/mol. The molecule has 2 aromatic rings. The lowest BCUT2D eigenvalue weighted by Crippen LogP contribution is -1.96. The monoisotopic (exact) mass is 215 g/mol. The number of benzene rings is 1. The topological polar surface area (TPSA) is 37.8 Å². The first kappa shape index (κ1) is 12.2. The van der Waals surface area contributed by atoms with Gasteiger partial charge in [0, 0.05) is 18.1 Å². The fraction of sp³-hybridized carbons (Fsp3) is 0.231. The molecule has 1 N–H and O–H groups in total. The third-order valence-corrected chi connectivity index (χ3v) is 1.81. The summed E-state index contributed by atoms with van der Waals surface area (Å²) in [7, 11) is 0. The largest absolute Gasteiger partial charge is 0.324 e. The molecule has 1 heterocycles. The van der Waals surface area contributed by atoms with Crippen molar-refractivity contribution >= 4 is 11.6 Å². The molecule has 84 valence electrons. The van der Waals surface area contributed by atoms with Crippen molar-refractivity contribution in [3.05, 3.63) is 48.3 Å².